The third-order valence-electron chi connectivity index (χ3n) is 6.78. The van der Waals surface area contributed by atoms with Gasteiger partial charge in [0.05, 0.1) is 22.3 Å². The first-order valence-corrected chi connectivity index (χ1v) is 12.6. The number of benzene rings is 3. The van der Waals surface area contributed by atoms with Crippen LogP contribution in [0.5, 0.6) is 11.5 Å². The molecule has 0 atom stereocenters. The van der Waals surface area contributed by atoms with E-state index in [0.29, 0.717) is 17.1 Å². The number of ether oxygens (including phenoxy) is 1. The molecule has 3 aromatic heterocycles. The molecule has 0 unspecified atom stereocenters. The van der Waals surface area contributed by atoms with Gasteiger partial charge in [0.25, 0.3) is 0 Å². The van der Waals surface area contributed by atoms with Gasteiger partial charge in [-0.2, -0.15) is 5.26 Å². The van der Waals surface area contributed by atoms with Crippen LogP contribution in [0.25, 0.3) is 38.9 Å². The van der Waals surface area contributed by atoms with Gasteiger partial charge < -0.3 is 4.74 Å². The highest BCUT2D eigenvalue weighted by molar-refractivity contribution is 6.09. The van der Waals surface area contributed by atoms with Gasteiger partial charge in [0.1, 0.15) is 23.4 Å². The minimum absolute atomic E-state index is 0.00293. The van der Waals surface area contributed by atoms with Gasteiger partial charge in [0, 0.05) is 34.8 Å². The Kier molecular flexibility index (Phi) is 5.66. The minimum Gasteiger partial charge on any atom is -0.456 e. The molecule has 6 aromatic rings. The molecule has 6 rings (SSSR count). The maximum absolute atomic E-state index is 9.75. The number of rotatable bonds is 4. The monoisotopic (exact) mass is 494 g/mol. The fourth-order valence-corrected chi connectivity index (χ4v) is 4.79. The second kappa shape index (κ2) is 9.17. The van der Waals surface area contributed by atoms with Gasteiger partial charge in [0.2, 0.25) is 0 Å². The average molecular weight is 495 g/mol. The highest BCUT2D eigenvalue weighted by Gasteiger charge is 2.18. The van der Waals surface area contributed by atoms with E-state index in [0.717, 1.165) is 38.9 Å². The number of para-hydroxylation sites is 1. The fraction of sp³-hybridized carbons (Fsp3) is 0.121. The summed E-state index contributed by atoms with van der Waals surface area (Å²) in [6.07, 6.45) is 3.63. The third kappa shape index (κ3) is 4.16. The number of nitriles is 1. The van der Waals surface area contributed by atoms with Gasteiger partial charge in [-0.05, 0) is 65.6 Å². The molecule has 0 aliphatic heterocycles. The van der Waals surface area contributed by atoms with Crippen LogP contribution < -0.4 is 4.74 Å². The van der Waals surface area contributed by atoms with Gasteiger partial charge in [-0.1, -0.05) is 51.1 Å². The first kappa shape index (κ1) is 23.4. The molecule has 0 fully saturated rings. The van der Waals surface area contributed by atoms with Crippen molar-refractivity contribution in [2.24, 2.45) is 0 Å². The van der Waals surface area contributed by atoms with E-state index in [2.05, 4.69) is 72.8 Å². The highest BCUT2D eigenvalue weighted by Crippen LogP contribution is 2.37. The molecule has 0 aliphatic rings. The Morgan fingerprint density at radius 1 is 0.763 bits per heavy atom. The smallest absolute Gasteiger partial charge is 0.145 e. The van der Waals surface area contributed by atoms with Crippen molar-refractivity contribution in [3.63, 3.8) is 0 Å². The van der Waals surface area contributed by atoms with Gasteiger partial charge in [-0.3, -0.25) is 9.55 Å². The molecule has 0 bridgehead atoms. The van der Waals surface area contributed by atoms with Gasteiger partial charge in [-0.15, -0.1) is 0 Å². The Bertz CT molecular complexity index is 1840. The summed E-state index contributed by atoms with van der Waals surface area (Å²) < 4.78 is 8.53. The Morgan fingerprint density at radius 2 is 1.58 bits per heavy atom. The van der Waals surface area contributed by atoms with Crippen LogP contribution in [0.2, 0.25) is 0 Å². The standard InChI is InChI=1S/C33H26N4O/c1-33(2,3)24-15-17-36-32(19-24)37-29-10-5-4-8-26(29)27-14-13-25(20-30(27)37)38-31-18-22(11-12-23(31)21-34)28-9-6-7-16-35-28/h4-20H,1-3H3. The molecule has 184 valence electrons. The summed E-state index contributed by atoms with van der Waals surface area (Å²) in [4.78, 5) is 9.19. The van der Waals surface area contributed by atoms with Crippen LogP contribution in [0, 0.1) is 11.3 Å². The average Bonchev–Trinajstić information content (AvgIpc) is 3.27. The molecule has 5 heteroatoms. The summed E-state index contributed by atoms with van der Waals surface area (Å²) in [6.45, 7) is 6.61. The predicted octanol–water partition coefficient (Wildman–Crippen LogP) is 8.20. The van der Waals surface area contributed by atoms with Crippen LogP contribution >= 0.6 is 0 Å². The Labute approximate surface area is 221 Å². The van der Waals surface area contributed by atoms with Crippen LogP contribution in [0.3, 0.4) is 0 Å². The topological polar surface area (TPSA) is 63.7 Å². The predicted molar refractivity (Wildman–Crippen MR) is 152 cm³/mol. The molecule has 38 heavy (non-hydrogen) atoms. The van der Waals surface area contributed by atoms with Crippen molar-refractivity contribution in [2.75, 3.05) is 0 Å². The summed E-state index contributed by atoms with van der Waals surface area (Å²) in [6, 6.07) is 32.2. The minimum atomic E-state index is -0.00293. The Hall–Kier alpha value is -4.95. The lowest BCUT2D eigenvalue weighted by Crippen LogP contribution is -2.12. The largest absolute Gasteiger partial charge is 0.456 e. The number of hydrogen-bond donors (Lipinski definition) is 0. The van der Waals surface area contributed by atoms with E-state index in [1.165, 1.54) is 5.56 Å². The van der Waals surface area contributed by atoms with Crippen LogP contribution in [-0.2, 0) is 5.41 Å². The third-order valence-corrected chi connectivity index (χ3v) is 6.78. The van der Waals surface area contributed by atoms with Crippen molar-refractivity contribution >= 4 is 21.8 Å². The van der Waals surface area contributed by atoms with Crippen molar-refractivity contribution < 1.29 is 4.74 Å². The maximum Gasteiger partial charge on any atom is 0.145 e. The number of nitrogens with zero attached hydrogens (tertiary/aromatic N) is 4. The second-order valence-electron chi connectivity index (χ2n) is 10.3. The normalized spacial score (nSPS) is 11.5. The van der Waals surface area contributed by atoms with Crippen LogP contribution in [0.1, 0.15) is 31.9 Å². The maximum atomic E-state index is 9.75. The molecule has 0 saturated heterocycles. The zero-order valence-electron chi connectivity index (χ0n) is 21.5. The van der Waals surface area contributed by atoms with E-state index in [9.17, 15) is 5.26 Å². The molecule has 0 aliphatic carbocycles. The lowest BCUT2D eigenvalue weighted by atomic mass is 9.88. The summed E-state index contributed by atoms with van der Waals surface area (Å²) in [5.41, 5.74) is 5.45. The van der Waals surface area contributed by atoms with Crippen LogP contribution in [-0.4, -0.2) is 14.5 Å². The summed E-state index contributed by atoms with van der Waals surface area (Å²) in [7, 11) is 0. The van der Waals surface area contributed by atoms with E-state index in [1.807, 2.05) is 54.7 Å². The number of hydrogen-bond acceptors (Lipinski definition) is 4. The van der Waals surface area contributed by atoms with E-state index in [1.54, 1.807) is 12.3 Å². The molecular formula is C33H26N4O. The first-order chi connectivity index (χ1) is 18.4. The van der Waals surface area contributed by atoms with Crippen LogP contribution in [0.15, 0.2) is 103 Å². The van der Waals surface area contributed by atoms with Crippen molar-refractivity contribution in [3.8, 4) is 34.6 Å². The van der Waals surface area contributed by atoms with Gasteiger partial charge in [-0.25, -0.2) is 4.98 Å². The quantitative estimate of drug-likeness (QED) is 0.248. The summed E-state index contributed by atoms with van der Waals surface area (Å²) in [5, 5.41) is 12.0. The molecular weight excluding hydrogens is 468 g/mol. The number of aromatic nitrogens is 3. The molecule has 0 saturated carbocycles. The van der Waals surface area contributed by atoms with Crippen molar-refractivity contribution in [3.05, 3.63) is 115 Å². The number of fused-ring (bicyclic) bond motifs is 3. The first-order valence-electron chi connectivity index (χ1n) is 12.6. The lowest BCUT2D eigenvalue weighted by molar-refractivity contribution is 0.482. The molecule has 3 heterocycles. The lowest BCUT2D eigenvalue weighted by Gasteiger charge is -2.20. The second-order valence-corrected chi connectivity index (χ2v) is 10.3. The number of pyridine rings is 2. The molecule has 5 nitrogen and oxygen atoms in total. The molecule has 3 aromatic carbocycles. The Balaban J connectivity index is 1.50. The van der Waals surface area contributed by atoms with E-state index >= 15 is 0 Å². The van der Waals surface area contributed by atoms with Crippen molar-refractivity contribution in [1.82, 2.24) is 14.5 Å². The SMILES string of the molecule is CC(C)(C)c1ccnc(-n2c3ccccc3c3ccc(Oc4cc(-c5ccccn5)ccc4C#N)cc32)c1. The van der Waals surface area contributed by atoms with Crippen LogP contribution in [0.4, 0.5) is 0 Å². The van der Waals surface area contributed by atoms with Gasteiger partial charge >= 0.3 is 0 Å². The zero-order valence-corrected chi connectivity index (χ0v) is 21.5. The molecule has 0 radical (unpaired) electrons. The molecule has 0 spiro atoms. The molecule has 0 amide bonds. The molecule has 0 N–H and O–H groups in total. The van der Waals surface area contributed by atoms with E-state index < -0.39 is 0 Å². The van der Waals surface area contributed by atoms with Crippen molar-refractivity contribution in [2.45, 2.75) is 26.2 Å². The fourth-order valence-electron chi connectivity index (χ4n) is 4.79. The van der Waals surface area contributed by atoms with E-state index in [-0.39, 0.29) is 5.41 Å². The summed E-state index contributed by atoms with van der Waals surface area (Å²) >= 11 is 0. The van der Waals surface area contributed by atoms with Crippen molar-refractivity contribution in [1.29, 1.82) is 5.26 Å². The van der Waals surface area contributed by atoms with Gasteiger partial charge in [0.15, 0.2) is 0 Å². The summed E-state index contributed by atoms with van der Waals surface area (Å²) in [5.74, 6) is 1.99. The highest BCUT2D eigenvalue weighted by atomic mass is 16.5. The Morgan fingerprint density at radius 3 is 2.37 bits per heavy atom. The zero-order chi connectivity index (χ0) is 26.3. The van der Waals surface area contributed by atoms with E-state index in [4.69, 9.17) is 9.72 Å².